The summed E-state index contributed by atoms with van der Waals surface area (Å²) in [6.45, 7) is 1.41. The second-order valence-corrected chi connectivity index (χ2v) is 2.94. The minimum absolute atomic E-state index is 0.0287. The first-order valence-corrected chi connectivity index (χ1v) is 4.42. The van der Waals surface area contributed by atoms with Crippen LogP contribution in [0, 0.1) is 0 Å². The van der Waals surface area contributed by atoms with Crippen molar-refractivity contribution in [3.63, 3.8) is 0 Å². The third kappa shape index (κ3) is 1.95. The molecule has 1 fully saturated rings. The van der Waals surface area contributed by atoms with Gasteiger partial charge in [0.15, 0.2) is 0 Å². The van der Waals surface area contributed by atoms with Crippen LogP contribution in [0.25, 0.3) is 0 Å². The minimum atomic E-state index is -0.120. The van der Waals surface area contributed by atoms with Crippen molar-refractivity contribution in [2.75, 3.05) is 18.5 Å². The molecule has 1 aliphatic rings. The van der Waals surface area contributed by atoms with Crippen molar-refractivity contribution in [2.45, 2.75) is 12.5 Å². The predicted molar refractivity (Wildman–Crippen MR) is 41.2 cm³/mol. The molecule has 1 unspecified atom stereocenters. The van der Waals surface area contributed by atoms with E-state index in [1.807, 2.05) is 0 Å². The molecule has 0 bridgehead atoms. The van der Waals surface area contributed by atoms with Gasteiger partial charge in [-0.15, -0.1) is 0 Å². The SMILES string of the molecule is O=C(OCCBr)C1CCN1. The van der Waals surface area contributed by atoms with E-state index in [9.17, 15) is 4.79 Å². The van der Waals surface area contributed by atoms with E-state index in [1.165, 1.54) is 0 Å². The summed E-state index contributed by atoms with van der Waals surface area (Å²) in [6, 6.07) is -0.0287. The van der Waals surface area contributed by atoms with E-state index in [0.29, 0.717) is 11.9 Å². The molecule has 0 radical (unpaired) electrons. The summed E-state index contributed by atoms with van der Waals surface area (Å²) in [5.74, 6) is -0.120. The van der Waals surface area contributed by atoms with E-state index in [1.54, 1.807) is 0 Å². The quantitative estimate of drug-likeness (QED) is 0.535. The van der Waals surface area contributed by atoms with Crippen LogP contribution in [0.2, 0.25) is 0 Å². The van der Waals surface area contributed by atoms with Crippen LogP contribution in [0.1, 0.15) is 6.42 Å². The molecule has 58 valence electrons. The summed E-state index contributed by atoms with van der Waals surface area (Å²) in [4.78, 5) is 10.9. The van der Waals surface area contributed by atoms with Gasteiger partial charge in [-0.2, -0.15) is 0 Å². The highest BCUT2D eigenvalue weighted by Gasteiger charge is 2.25. The van der Waals surface area contributed by atoms with Gasteiger partial charge in [0.25, 0.3) is 0 Å². The van der Waals surface area contributed by atoms with E-state index in [4.69, 9.17) is 4.74 Å². The molecule has 0 spiro atoms. The molecular weight excluding hydrogens is 198 g/mol. The van der Waals surface area contributed by atoms with Gasteiger partial charge in [0.1, 0.15) is 12.6 Å². The Morgan fingerprint density at radius 1 is 1.80 bits per heavy atom. The predicted octanol–water partition coefficient (Wildman–Crippen LogP) is 0.286. The number of carbonyl (C=O) groups is 1. The van der Waals surface area contributed by atoms with Gasteiger partial charge >= 0.3 is 5.97 Å². The highest BCUT2D eigenvalue weighted by atomic mass is 79.9. The normalized spacial score (nSPS) is 23.5. The average molecular weight is 208 g/mol. The molecule has 0 aromatic carbocycles. The molecule has 0 aromatic heterocycles. The fraction of sp³-hybridized carbons (Fsp3) is 0.833. The molecule has 1 atom stereocenters. The Morgan fingerprint density at radius 3 is 2.90 bits per heavy atom. The summed E-state index contributed by atoms with van der Waals surface area (Å²) < 4.78 is 4.85. The fourth-order valence-electron chi connectivity index (χ4n) is 0.730. The Labute approximate surface area is 68.3 Å². The van der Waals surface area contributed by atoms with Crippen molar-refractivity contribution >= 4 is 21.9 Å². The molecular formula is C6H10BrNO2. The highest BCUT2D eigenvalue weighted by Crippen LogP contribution is 2.03. The Hall–Kier alpha value is -0.0900. The summed E-state index contributed by atoms with van der Waals surface area (Å²) in [5, 5.41) is 3.68. The zero-order chi connectivity index (χ0) is 7.40. The number of ether oxygens (including phenoxy) is 1. The molecule has 0 amide bonds. The van der Waals surface area contributed by atoms with Crippen LogP contribution in [0.4, 0.5) is 0 Å². The summed E-state index contributed by atoms with van der Waals surface area (Å²) >= 11 is 3.17. The lowest BCUT2D eigenvalue weighted by Crippen LogP contribution is -2.49. The first-order valence-electron chi connectivity index (χ1n) is 3.30. The van der Waals surface area contributed by atoms with E-state index in [0.717, 1.165) is 13.0 Å². The van der Waals surface area contributed by atoms with Gasteiger partial charge in [-0.05, 0) is 13.0 Å². The maximum absolute atomic E-state index is 10.9. The van der Waals surface area contributed by atoms with Gasteiger partial charge in [-0.3, -0.25) is 4.79 Å². The van der Waals surface area contributed by atoms with E-state index < -0.39 is 0 Å². The van der Waals surface area contributed by atoms with Crippen LogP contribution in [-0.2, 0) is 9.53 Å². The summed E-state index contributed by atoms with van der Waals surface area (Å²) in [6.07, 6.45) is 0.918. The number of hydrogen-bond donors (Lipinski definition) is 1. The number of halogens is 1. The van der Waals surface area contributed by atoms with Crippen LogP contribution >= 0.6 is 15.9 Å². The second kappa shape index (κ2) is 3.93. The maximum atomic E-state index is 10.9. The van der Waals surface area contributed by atoms with Crippen LogP contribution in [0.15, 0.2) is 0 Å². The zero-order valence-corrected chi connectivity index (χ0v) is 7.19. The lowest BCUT2D eigenvalue weighted by atomic mass is 10.1. The Balaban J connectivity index is 2.08. The molecule has 3 nitrogen and oxygen atoms in total. The fourth-order valence-corrected chi connectivity index (χ4v) is 0.891. The molecule has 1 aliphatic heterocycles. The summed E-state index contributed by atoms with van der Waals surface area (Å²) in [5.41, 5.74) is 0. The Bertz CT molecular complexity index is 125. The molecule has 1 saturated heterocycles. The van der Waals surface area contributed by atoms with E-state index >= 15 is 0 Å². The highest BCUT2D eigenvalue weighted by molar-refractivity contribution is 9.09. The third-order valence-electron chi connectivity index (χ3n) is 1.43. The van der Waals surface area contributed by atoms with Crippen LogP contribution in [-0.4, -0.2) is 30.5 Å². The monoisotopic (exact) mass is 207 g/mol. The van der Waals surface area contributed by atoms with Crippen molar-refractivity contribution < 1.29 is 9.53 Å². The van der Waals surface area contributed by atoms with Crippen LogP contribution in [0.5, 0.6) is 0 Å². The average Bonchev–Trinajstić information content (AvgIpc) is 1.79. The first kappa shape index (κ1) is 8.01. The smallest absolute Gasteiger partial charge is 0.323 e. The molecule has 1 rings (SSSR count). The van der Waals surface area contributed by atoms with Crippen molar-refractivity contribution in [3.8, 4) is 0 Å². The Kier molecular flexibility index (Phi) is 3.15. The van der Waals surface area contributed by atoms with Crippen molar-refractivity contribution in [1.82, 2.24) is 5.32 Å². The topological polar surface area (TPSA) is 38.3 Å². The minimum Gasteiger partial charge on any atom is -0.464 e. The second-order valence-electron chi connectivity index (χ2n) is 2.15. The van der Waals surface area contributed by atoms with Gasteiger partial charge in [0, 0.05) is 5.33 Å². The maximum Gasteiger partial charge on any atom is 0.323 e. The molecule has 0 saturated carbocycles. The first-order chi connectivity index (χ1) is 4.84. The van der Waals surface area contributed by atoms with Gasteiger partial charge < -0.3 is 10.1 Å². The van der Waals surface area contributed by atoms with Gasteiger partial charge in [0.05, 0.1) is 0 Å². The van der Waals surface area contributed by atoms with Gasteiger partial charge in [-0.25, -0.2) is 0 Å². The number of hydrogen-bond acceptors (Lipinski definition) is 3. The van der Waals surface area contributed by atoms with E-state index in [2.05, 4.69) is 21.2 Å². The largest absolute Gasteiger partial charge is 0.464 e. The summed E-state index contributed by atoms with van der Waals surface area (Å²) in [7, 11) is 0. The van der Waals surface area contributed by atoms with Gasteiger partial charge in [0.2, 0.25) is 0 Å². The van der Waals surface area contributed by atoms with E-state index in [-0.39, 0.29) is 12.0 Å². The molecule has 0 aromatic rings. The number of nitrogens with one attached hydrogen (secondary N) is 1. The number of alkyl halides is 1. The van der Waals surface area contributed by atoms with Crippen molar-refractivity contribution in [3.05, 3.63) is 0 Å². The number of rotatable bonds is 3. The Morgan fingerprint density at radius 2 is 2.50 bits per heavy atom. The molecule has 1 heterocycles. The molecule has 1 N–H and O–H groups in total. The molecule has 0 aliphatic carbocycles. The van der Waals surface area contributed by atoms with Crippen molar-refractivity contribution in [2.24, 2.45) is 0 Å². The van der Waals surface area contributed by atoms with Crippen molar-refractivity contribution in [1.29, 1.82) is 0 Å². The lowest BCUT2D eigenvalue weighted by Gasteiger charge is -2.24. The standard InChI is InChI=1S/C6H10BrNO2/c7-2-4-10-6(9)5-1-3-8-5/h5,8H,1-4H2. The third-order valence-corrected chi connectivity index (χ3v) is 1.75. The van der Waals surface area contributed by atoms with Gasteiger partial charge in [-0.1, -0.05) is 15.9 Å². The lowest BCUT2D eigenvalue weighted by molar-refractivity contribution is -0.147. The number of carbonyl (C=O) groups excluding carboxylic acids is 1. The van der Waals surface area contributed by atoms with Crippen LogP contribution in [0.3, 0.4) is 0 Å². The molecule has 4 heteroatoms. The number of esters is 1. The van der Waals surface area contributed by atoms with Crippen LogP contribution < -0.4 is 5.32 Å². The molecule has 10 heavy (non-hydrogen) atoms. The zero-order valence-electron chi connectivity index (χ0n) is 5.60.